The highest BCUT2D eigenvalue weighted by atomic mass is 35.5. The Bertz CT molecular complexity index is 852. The van der Waals surface area contributed by atoms with E-state index in [2.05, 4.69) is 11.2 Å². The Kier molecular flexibility index (Phi) is 4.22. The number of hydrogen-bond donors (Lipinski definition) is 0. The largest absolute Gasteiger partial charge is 0.365 e. The number of thiophene rings is 1. The van der Waals surface area contributed by atoms with E-state index in [0.717, 1.165) is 10.9 Å². The van der Waals surface area contributed by atoms with Gasteiger partial charge in [0, 0.05) is 26.1 Å². The van der Waals surface area contributed by atoms with Crippen LogP contribution in [-0.4, -0.2) is 11.7 Å². The van der Waals surface area contributed by atoms with Gasteiger partial charge in [-0.25, -0.2) is 4.79 Å². The number of fused-ring (bicyclic) bond motifs is 1. The van der Waals surface area contributed by atoms with Crippen LogP contribution < -0.4 is 0 Å². The molecule has 5 heteroatoms. The van der Waals surface area contributed by atoms with Gasteiger partial charge in [-0.2, -0.15) is 0 Å². The van der Waals surface area contributed by atoms with Crippen molar-refractivity contribution < 1.29 is 9.63 Å². The lowest BCUT2D eigenvalue weighted by atomic mass is 10.1. The molecule has 0 aliphatic carbocycles. The van der Waals surface area contributed by atoms with Crippen molar-refractivity contribution in [1.82, 2.24) is 0 Å². The van der Waals surface area contributed by atoms with E-state index in [1.807, 2.05) is 30.5 Å². The van der Waals surface area contributed by atoms with Crippen molar-refractivity contribution in [2.24, 2.45) is 5.16 Å². The molecular weight excluding hydrogens is 318 g/mol. The van der Waals surface area contributed by atoms with Crippen LogP contribution in [0.15, 0.2) is 59.1 Å². The van der Waals surface area contributed by atoms with Gasteiger partial charge in [0.05, 0.1) is 11.3 Å². The predicted molar refractivity (Wildman–Crippen MR) is 90.9 cm³/mol. The second-order valence-corrected chi connectivity index (χ2v) is 6.06. The molecule has 1 aromatic heterocycles. The monoisotopic (exact) mass is 329 g/mol. The van der Waals surface area contributed by atoms with Crippen molar-refractivity contribution in [3.63, 3.8) is 0 Å². The van der Waals surface area contributed by atoms with Gasteiger partial charge < -0.3 is 4.84 Å². The molecule has 0 spiro atoms. The minimum atomic E-state index is -0.504. The zero-order chi connectivity index (χ0) is 15.5. The fraction of sp³-hybridized carbons (Fsp3) is 0.0588. The summed E-state index contributed by atoms with van der Waals surface area (Å²) in [6.45, 7) is 1.82. The Labute approximate surface area is 136 Å². The minimum Gasteiger partial charge on any atom is -0.313 e. The molecule has 22 heavy (non-hydrogen) atoms. The lowest BCUT2D eigenvalue weighted by molar-refractivity contribution is 0.0516. The molecule has 3 aromatic rings. The predicted octanol–water partition coefficient (Wildman–Crippen LogP) is 5.14. The zero-order valence-corrected chi connectivity index (χ0v) is 13.3. The second kappa shape index (κ2) is 6.30. The van der Waals surface area contributed by atoms with Crippen LogP contribution in [0.4, 0.5) is 0 Å². The molecule has 0 saturated carbocycles. The van der Waals surface area contributed by atoms with Crippen molar-refractivity contribution in [1.29, 1.82) is 0 Å². The maximum atomic E-state index is 11.9. The topological polar surface area (TPSA) is 38.7 Å². The zero-order valence-electron chi connectivity index (χ0n) is 11.7. The van der Waals surface area contributed by atoms with Gasteiger partial charge >= 0.3 is 5.97 Å². The van der Waals surface area contributed by atoms with Crippen LogP contribution in [0.1, 0.15) is 22.8 Å². The van der Waals surface area contributed by atoms with Gasteiger partial charge in [0.1, 0.15) is 0 Å². The standard InChI is InChI=1S/C17H12ClNO2S/c1-11(15-10-22-16-5-3-2-4-14(15)16)19-21-17(20)12-6-8-13(18)9-7-12/h2-10H,1H3. The van der Waals surface area contributed by atoms with E-state index in [0.29, 0.717) is 16.3 Å². The van der Waals surface area contributed by atoms with Crippen LogP contribution in [0.3, 0.4) is 0 Å². The van der Waals surface area contributed by atoms with Crippen molar-refractivity contribution in [3.8, 4) is 0 Å². The molecule has 0 bridgehead atoms. The van der Waals surface area contributed by atoms with Crippen molar-refractivity contribution >= 4 is 44.7 Å². The average Bonchev–Trinajstić information content (AvgIpc) is 2.97. The normalized spacial score (nSPS) is 11.6. The van der Waals surface area contributed by atoms with E-state index < -0.39 is 5.97 Å². The molecular formula is C17H12ClNO2S. The Morgan fingerprint density at radius 2 is 1.86 bits per heavy atom. The van der Waals surface area contributed by atoms with Crippen molar-refractivity contribution in [2.45, 2.75) is 6.92 Å². The minimum absolute atomic E-state index is 0.413. The highest BCUT2D eigenvalue weighted by Gasteiger charge is 2.10. The van der Waals surface area contributed by atoms with Gasteiger partial charge in [0.15, 0.2) is 0 Å². The Morgan fingerprint density at radius 3 is 2.64 bits per heavy atom. The first-order valence-corrected chi connectivity index (χ1v) is 7.89. The van der Waals surface area contributed by atoms with E-state index in [9.17, 15) is 4.79 Å². The molecule has 0 aliphatic heterocycles. The van der Waals surface area contributed by atoms with Crippen molar-refractivity contribution in [3.05, 3.63) is 70.1 Å². The van der Waals surface area contributed by atoms with Crippen LogP contribution in [0.2, 0.25) is 5.02 Å². The van der Waals surface area contributed by atoms with Crippen LogP contribution >= 0.6 is 22.9 Å². The molecule has 0 fully saturated rings. The Hall–Kier alpha value is -2.17. The third-order valence-electron chi connectivity index (χ3n) is 3.22. The molecule has 3 rings (SSSR count). The van der Waals surface area contributed by atoms with E-state index in [1.54, 1.807) is 35.6 Å². The molecule has 0 unspecified atom stereocenters. The summed E-state index contributed by atoms with van der Waals surface area (Å²) in [5.41, 5.74) is 2.06. The van der Waals surface area contributed by atoms with Crippen LogP contribution in [0, 0.1) is 0 Å². The van der Waals surface area contributed by atoms with Gasteiger partial charge in [-0.15, -0.1) is 11.3 Å². The molecule has 1 heterocycles. The summed E-state index contributed by atoms with van der Waals surface area (Å²) < 4.78 is 1.18. The fourth-order valence-corrected chi connectivity index (χ4v) is 3.19. The lowest BCUT2D eigenvalue weighted by Gasteiger charge is -2.01. The number of carbonyl (C=O) groups excluding carboxylic acids is 1. The van der Waals surface area contributed by atoms with Gasteiger partial charge in [0.25, 0.3) is 0 Å². The first-order chi connectivity index (χ1) is 10.6. The van der Waals surface area contributed by atoms with Gasteiger partial charge in [-0.1, -0.05) is 35.0 Å². The summed E-state index contributed by atoms with van der Waals surface area (Å²) in [6, 6.07) is 14.5. The lowest BCUT2D eigenvalue weighted by Crippen LogP contribution is -2.03. The highest BCUT2D eigenvalue weighted by molar-refractivity contribution is 7.17. The first-order valence-electron chi connectivity index (χ1n) is 6.63. The van der Waals surface area contributed by atoms with Crippen molar-refractivity contribution in [2.75, 3.05) is 0 Å². The number of hydrogen-bond acceptors (Lipinski definition) is 4. The highest BCUT2D eigenvalue weighted by Crippen LogP contribution is 2.26. The fourth-order valence-electron chi connectivity index (χ4n) is 2.06. The second-order valence-electron chi connectivity index (χ2n) is 4.71. The molecule has 0 N–H and O–H groups in total. The number of benzene rings is 2. The molecule has 0 saturated heterocycles. The number of carbonyl (C=O) groups is 1. The summed E-state index contributed by atoms with van der Waals surface area (Å²) in [5.74, 6) is -0.504. The smallest absolute Gasteiger partial charge is 0.313 e. The Balaban J connectivity index is 1.80. The van der Waals surface area contributed by atoms with Gasteiger partial charge in [-0.3, -0.25) is 0 Å². The summed E-state index contributed by atoms with van der Waals surface area (Å²) in [7, 11) is 0. The summed E-state index contributed by atoms with van der Waals surface area (Å²) in [4.78, 5) is 16.9. The summed E-state index contributed by atoms with van der Waals surface area (Å²) in [6.07, 6.45) is 0. The van der Waals surface area contributed by atoms with E-state index in [4.69, 9.17) is 16.4 Å². The first kappa shape index (κ1) is 14.8. The molecule has 110 valence electrons. The number of nitrogens with zero attached hydrogens (tertiary/aromatic N) is 1. The van der Waals surface area contributed by atoms with Gasteiger partial charge in [-0.05, 0) is 37.3 Å². The quantitative estimate of drug-likeness (QED) is 0.379. The third-order valence-corrected chi connectivity index (χ3v) is 4.43. The maximum Gasteiger partial charge on any atom is 0.365 e. The molecule has 0 atom stereocenters. The van der Waals surface area contributed by atoms with E-state index >= 15 is 0 Å². The Morgan fingerprint density at radius 1 is 1.14 bits per heavy atom. The summed E-state index contributed by atoms with van der Waals surface area (Å²) >= 11 is 7.43. The molecule has 0 aliphatic rings. The molecule has 0 amide bonds. The average molecular weight is 330 g/mol. The molecule has 2 aromatic carbocycles. The number of oxime groups is 1. The van der Waals surface area contributed by atoms with E-state index in [1.165, 1.54) is 4.70 Å². The molecule has 3 nitrogen and oxygen atoms in total. The SMILES string of the molecule is CC(=NOC(=O)c1ccc(Cl)cc1)c1csc2ccccc12. The third kappa shape index (κ3) is 3.03. The van der Waals surface area contributed by atoms with E-state index in [-0.39, 0.29) is 0 Å². The number of halogens is 1. The molecule has 0 radical (unpaired) electrons. The van der Waals surface area contributed by atoms with Crippen LogP contribution in [0.5, 0.6) is 0 Å². The number of rotatable bonds is 3. The maximum absolute atomic E-state index is 11.9. The van der Waals surface area contributed by atoms with Gasteiger partial charge in [0.2, 0.25) is 0 Å². The van der Waals surface area contributed by atoms with Crippen LogP contribution in [0.25, 0.3) is 10.1 Å². The van der Waals surface area contributed by atoms with Crippen LogP contribution in [-0.2, 0) is 4.84 Å². The summed E-state index contributed by atoms with van der Waals surface area (Å²) in [5, 5.41) is 7.65.